The van der Waals surface area contributed by atoms with E-state index in [0.717, 1.165) is 17.1 Å². The van der Waals surface area contributed by atoms with Crippen molar-refractivity contribution in [2.45, 2.75) is 57.3 Å². The highest BCUT2D eigenvalue weighted by molar-refractivity contribution is 8.18. The minimum absolute atomic E-state index is 0.229. The minimum Gasteiger partial charge on any atom is -0.247 e. The molecule has 0 amide bonds. The molecular formula is C27H36N3OPS3. The average molecular weight is 546 g/mol. The van der Waals surface area contributed by atoms with Crippen molar-refractivity contribution in [1.82, 2.24) is 0 Å². The molecule has 4 nitrogen and oxygen atoms in total. The Balaban J connectivity index is 2.35. The number of para-hydroxylation sites is 3. The third-order valence-electron chi connectivity index (χ3n) is 4.57. The zero-order valence-electron chi connectivity index (χ0n) is 21.3. The number of anilines is 3. The molecular weight excluding hydrogens is 509 g/mol. The summed E-state index contributed by atoms with van der Waals surface area (Å²) in [6.45, 7) is 12.9. The van der Waals surface area contributed by atoms with E-state index < -0.39 is 7.59 Å². The van der Waals surface area contributed by atoms with E-state index in [9.17, 15) is 0 Å². The SMILES string of the molecule is CC(C)SN(c1ccccc1)P(=O)(N(SC(C)C)c1ccccc1)N(SC(C)C)c1ccccc1. The minimum atomic E-state index is -3.49. The van der Waals surface area contributed by atoms with E-state index in [1.807, 2.05) is 54.6 Å². The molecule has 0 bridgehead atoms. The van der Waals surface area contributed by atoms with Crippen molar-refractivity contribution in [2.24, 2.45) is 0 Å². The van der Waals surface area contributed by atoms with E-state index in [4.69, 9.17) is 0 Å². The Bertz CT molecular complexity index is 932. The lowest BCUT2D eigenvalue weighted by Gasteiger charge is -2.46. The summed E-state index contributed by atoms with van der Waals surface area (Å²) in [5.74, 6) is 0. The Morgan fingerprint density at radius 3 is 0.914 bits per heavy atom. The third-order valence-corrected chi connectivity index (χ3v) is 11.9. The monoisotopic (exact) mass is 545 g/mol. The van der Waals surface area contributed by atoms with E-state index in [1.54, 1.807) is 35.8 Å². The molecule has 0 unspecified atom stereocenters. The quantitative estimate of drug-likeness (QED) is 0.165. The lowest BCUT2D eigenvalue weighted by atomic mass is 10.3. The van der Waals surface area contributed by atoms with Crippen molar-refractivity contribution in [1.29, 1.82) is 0 Å². The van der Waals surface area contributed by atoms with Gasteiger partial charge in [-0.3, -0.25) is 0 Å². The fraction of sp³-hybridized carbons (Fsp3) is 0.333. The molecule has 0 saturated heterocycles. The zero-order chi connectivity index (χ0) is 25.4. The second kappa shape index (κ2) is 13.0. The summed E-state index contributed by atoms with van der Waals surface area (Å²) in [7, 11) is -3.49. The van der Waals surface area contributed by atoms with Crippen LogP contribution in [0.25, 0.3) is 0 Å². The highest BCUT2D eigenvalue weighted by Gasteiger charge is 2.47. The molecule has 0 aromatic heterocycles. The molecule has 0 heterocycles. The van der Waals surface area contributed by atoms with Gasteiger partial charge < -0.3 is 0 Å². The molecule has 35 heavy (non-hydrogen) atoms. The maximum atomic E-state index is 16.0. The van der Waals surface area contributed by atoms with Crippen LogP contribution < -0.4 is 12.2 Å². The van der Waals surface area contributed by atoms with Gasteiger partial charge in [0.25, 0.3) is 0 Å². The predicted molar refractivity (Wildman–Crippen MR) is 163 cm³/mol. The largest absolute Gasteiger partial charge is 0.390 e. The van der Waals surface area contributed by atoms with E-state index in [2.05, 4.69) is 90.2 Å². The first-order valence-corrected chi connectivity index (χ1v) is 16.0. The van der Waals surface area contributed by atoms with Gasteiger partial charge in [-0.15, -0.1) is 0 Å². The summed E-state index contributed by atoms with van der Waals surface area (Å²) in [5.41, 5.74) is 2.76. The highest BCUT2D eigenvalue weighted by Crippen LogP contribution is 2.68. The van der Waals surface area contributed by atoms with E-state index in [-0.39, 0.29) is 15.7 Å². The Morgan fingerprint density at radius 2 is 0.714 bits per heavy atom. The molecule has 3 rings (SSSR count). The first kappa shape index (κ1) is 27.9. The first-order chi connectivity index (χ1) is 16.7. The van der Waals surface area contributed by atoms with Crippen LogP contribution in [0.4, 0.5) is 17.1 Å². The summed E-state index contributed by atoms with van der Waals surface area (Å²) < 4.78 is 22.2. The van der Waals surface area contributed by atoms with Crippen molar-refractivity contribution < 1.29 is 4.57 Å². The van der Waals surface area contributed by atoms with Gasteiger partial charge in [0, 0.05) is 15.7 Å². The number of hydrogen-bond acceptors (Lipinski definition) is 4. The van der Waals surface area contributed by atoms with Gasteiger partial charge in [0.15, 0.2) is 0 Å². The van der Waals surface area contributed by atoms with Gasteiger partial charge in [-0.25, -0.2) is 16.8 Å². The van der Waals surface area contributed by atoms with Crippen LogP contribution in [-0.2, 0) is 4.57 Å². The predicted octanol–water partition coefficient (Wildman–Crippen LogP) is 9.78. The molecule has 3 aromatic carbocycles. The van der Waals surface area contributed by atoms with E-state index in [0.29, 0.717) is 0 Å². The highest BCUT2D eigenvalue weighted by atomic mass is 32.2. The van der Waals surface area contributed by atoms with Crippen LogP contribution in [0.1, 0.15) is 41.5 Å². The Morgan fingerprint density at radius 1 is 0.486 bits per heavy atom. The van der Waals surface area contributed by atoms with Gasteiger partial charge in [-0.1, -0.05) is 96.1 Å². The first-order valence-electron chi connectivity index (χ1n) is 11.9. The van der Waals surface area contributed by atoms with Gasteiger partial charge >= 0.3 is 7.59 Å². The molecule has 0 N–H and O–H groups in total. The molecule has 0 radical (unpaired) electrons. The van der Waals surface area contributed by atoms with Crippen LogP contribution in [0, 0.1) is 0 Å². The molecule has 0 saturated carbocycles. The smallest absolute Gasteiger partial charge is 0.247 e. The maximum absolute atomic E-state index is 16.0. The van der Waals surface area contributed by atoms with Crippen LogP contribution in [0.5, 0.6) is 0 Å². The standard InChI is InChI=1S/C27H36N3OPS3/c1-22(2)33-28(25-16-10-7-11-17-25)32(31,29(34-23(3)4)26-18-12-8-13-19-26)30(35-24(5)6)27-20-14-9-15-21-27/h7-24H,1-6H3. The molecule has 8 heteroatoms. The van der Waals surface area contributed by atoms with Crippen molar-refractivity contribution in [3.63, 3.8) is 0 Å². The topological polar surface area (TPSA) is 26.8 Å². The van der Waals surface area contributed by atoms with Gasteiger partial charge in [0.2, 0.25) is 0 Å². The Labute approximate surface area is 224 Å². The van der Waals surface area contributed by atoms with Gasteiger partial charge in [0.05, 0.1) is 17.1 Å². The summed E-state index contributed by atoms with van der Waals surface area (Å²) in [4.78, 5) is 0. The Kier molecular flexibility index (Phi) is 10.4. The number of hydrogen-bond donors (Lipinski definition) is 0. The molecule has 0 aliphatic heterocycles. The maximum Gasteiger partial charge on any atom is 0.390 e. The van der Waals surface area contributed by atoms with Gasteiger partial charge in [-0.05, 0) is 72.2 Å². The average Bonchev–Trinajstić information content (AvgIpc) is 2.85. The van der Waals surface area contributed by atoms with Crippen LogP contribution in [0.15, 0.2) is 91.0 Å². The van der Waals surface area contributed by atoms with Crippen LogP contribution in [0.2, 0.25) is 0 Å². The van der Waals surface area contributed by atoms with E-state index in [1.165, 1.54) is 0 Å². The number of benzene rings is 3. The molecule has 0 atom stereocenters. The van der Waals surface area contributed by atoms with Crippen molar-refractivity contribution in [3.05, 3.63) is 91.0 Å². The summed E-state index contributed by atoms with van der Waals surface area (Å²) in [5, 5.41) is 0.686. The zero-order valence-corrected chi connectivity index (χ0v) is 24.7. The van der Waals surface area contributed by atoms with Gasteiger partial charge in [0.1, 0.15) is 0 Å². The molecule has 0 spiro atoms. The summed E-state index contributed by atoms with van der Waals surface area (Å²) >= 11 is 4.86. The molecule has 188 valence electrons. The normalized spacial score (nSPS) is 11.8. The van der Waals surface area contributed by atoms with Crippen molar-refractivity contribution in [3.8, 4) is 0 Å². The van der Waals surface area contributed by atoms with E-state index >= 15 is 4.57 Å². The van der Waals surface area contributed by atoms with Crippen molar-refractivity contribution in [2.75, 3.05) is 12.2 Å². The van der Waals surface area contributed by atoms with Crippen LogP contribution >= 0.6 is 43.4 Å². The number of rotatable bonds is 12. The second-order valence-electron chi connectivity index (χ2n) is 8.80. The molecule has 0 aliphatic carbocycles. The Hall–Kier alpha value is -1.66. The lowest BCUT2D eigenvalue weighted by Crippen LogP contribution is -2.35. The number of nitrogens with zero attached hydrogens (tertiary/aromatic N) is 3. The molecule has 0 aliphatic rings. The third kappa shape index (κ3) is 7.19. The molecule has 0 fully saturated rings. The molecule has 3 aromatic rings. The lowest BCUT2D eigenvalue weighted by molar-refractivity contribution is 0.579. The fourth-order valence-electron chi connectivity index (χ4n) is 3.31. The second-order valence-corrected chi connectivity index (χ2v) is 16.4. The van der Waals surface area contributed by atoms with Gasteiger partial charge in [-0.2, -0.15) is 0 Å². The van der Waals surface area contributed by atoms with Crippen molar-refractivity contribution >= 4 is 60.5 Å². The van der Waals surface area contributed by atoms with Crippen LogP contribution in [-0.4, -0.2) is 15.7 Å². The summed E-state index contributed by atoms with van der Waals surface area (Å²) in [6, 6.07) is 30.4. The fourth-order valence-corrected chi connectivity index (χ4v) is 11.9. The van der Waals surface area contributed by atoms with Crippen LogP contribution in [0.3, 0.4) is 0 Å². The summed E-state index contributed by atoms with van der Waals surface area (Å²) in [6.07, 6.45) is 0.